The van der Waals surface area contributed by atoms with Gasteiger partial charge in [-0.05, 0) is 73.0 Å². The Hall–Kier alpha value is -5.40. The highest BCUT2D eigenvalue weighted by Gasteiger charge is 2.51. The van der Waals surface area contributed by atoms with Crippen molar-refractivity contribution in [3.63, 3.8) is 0 Å². The van der Waals surface area contributed by atoms with E-state index in [-0.39, 0.29) is 5.41 Å². The highest BCUT2D eigenvalue weighted by Crippen LogP contribution is 2.63. The van der Waals surface area contributed by atoms with Crippen molar-refractivity contribution in [1.29, 1.82) is 0 Å². The smallest absolute Gasteiger partial charge is 0.140 e. The summed E-state index contributed by atoms with van der Waals surface area (Å²) in [5.41, 5.74) is 14.8. The van der Waals surface area contributed by atoms with Crippen molar-refractivity contribution in [2.24, 2.45) is 0 Å². The topological polar surface area (TPSA) is 9.23 Å². The molecule has 1 heterocycles. The average Bonchev–Trinajstić information content (AvgIpc) is 3.51. The minimum absolute atomic E-state index is 0.131. The molecule has 10 rings (SSSR count). The lowest BCUT2D eigenvalue weighted by Crippen LogP contribution is -2.32. The molecule has 0 saturated carbocycles. The minimum atomic E-state index is -0.460. The third kappa shape index (κ3) is 3.03. The molecule has 1 nitrogen and oxygen atoms in total. The van der Waals surface area contributed by atoms with Crippen molar-refractivity contribution in [3.8, 4) is 44.9 Å². The van der Waals surface area contributed by atoms with E-state index in [1.165, 1.54) is 72.0 Å². The van der Waals surface area contributed by atoms with Crippen LogP contribution in [0.4, 0.5) is 0 Å². The van der Waals surface area contributed by atoms with Crippen molar-refractivity contribution in [3.05, 3.63) is 179 Å². The van der Waals surface area contributed by atoms with Crippen LogP contribution in [0.15, 0.2) is 146 Å². The number of fused-ring (bicyclic) bond motifs is 14. The Morgan fingerprint density at radius 1 is 0.444 bits per heavy atom. The van der Waals surface area contributed by atoms with Crippen LogP contribution < -0.4 is 4.74 Å². The van der Waals surface area contributed by atoms with E-state index in [2.05, 4.69) is 159 Å². The van der Waals surface area contributed by atoms with Crippen LogP contribution in [0, 0.1) is 0 Å². The van der Waals surface area contributed by atoms with E-state index in [1.807, 2.05) is 0 Å². The highest BCUT2D eigenvalue weighted by molar-refractivity contribution is 5.98. The lowest BCUT2D eigenvalue weighted by molar-refractivity contribution is 0.438. The Morgan fingerprint density at radius 3 is 1.84 bits per heavy atom. The largest absolute Gasteiger partial charge is 0.456 e. The number of hydrogen-bond acceptors (Lipinski definition) is 1. The molecule has 0 aromatic heterocycles. The molecular weight excluding hydrogens is 544 g/mol. The van der Waals surface area contributed by atoms with Crippen LogP contribution in [0.25, 0.3) is 44.2 Å². The molecule has 1 spiro atoms. The summed E-state index contributed by atoms with van der Waals surface area (Å²) in [6.07, 6.45) is 0. The Bertz CT molecular complexity index is 2340. The Morgan fingerprint density at radius 2 is 1.04 bits per heavy atom. The Labute approximate surface area is 263 Å². The summed E-state index contributed by atoms with van der Waals surface area (Å²) < 4.78 is 6.97. The summed E-state index contributed by atoms with van der Waals surface area (Å²) in [7, 11) is 0. The van der Waals surface area contributed by atoms with Gasteiger partial charge in [0.1, 0.15) is 11.5 Å². The van der Waals surface area contributed by atoms with Crippen molar-refractivity contribution in [1.82, 2.24) is 0 Å². The van der Waals surface area contributed by atoms with Gasteiger partial charge in [0.15, 0.2) is 0 Å². The zero-order valence-electron chi connectivity index (χ0n) is 25.3. The number of para-hydroxylation sites is 2. The third-order valence-electron chi connectivity index (χ3n) is 10.7. The fraction of sp³-hybridized carbons (Fsp3) is 0.0909. The molecule has 7 aromatic carbocycles. The number of rotatable bonds is 1. The average molecular weight is 575 g/mol. The van der Waals surface area contributed by atoms with Gasteiger partial charge in [-0.3, -0.25) is 0 Å². The summed E-state index contributed by atoms with van der Waals surface area (Å²) in [5.74, 6) is 1.87. The zero-order valence-corrected chi connectivity index (χ0v) is 25.3. The normalized spacial score (nSPS) is 15.4. The Balaban J connectivity index is 1.23. The van der Waals surface area contributed by atoms with Crippen LogP contribution in [-0.4, -0.2) is 0 Å². The van der Waals surface area contributed by atoms with Crippen LogP contribution in [0.1, 0.15) is 47.2 Å². The predicted octanol–water partition coefficient (Wildman–Crippen LogP) is 11.3. The molecule has 1 heteroatoms. The molecule has 0 atom stereocenters. The lowest BCUT2D eigenvalue weighted by atomic mass is 9.65. The predicted molar refractivity (Wildman–Crippen MR) is 184 cm³/mol. The third-order valence-corrected chi connectivity index (χ3v) is 10.7. The van der Waals surface area contributed by atoms with Crippen LogP contribution >= 0.6 is 0 Å². The summed E-state index contributed by atoms with van der Waals surface area (Å²) in [4.78, 5) is 0. The van der Waals surface area contributed by atoms with Gasteiger partial charge in [-0.2, -0.15) is 0 Å². The number of benzene rings is 7. The first-order valence-corrected chi connectivity index (χ1v) is 15.9. The van der Waals surface area contributed by atoms with Gasteiger partial charge in [-0.15, -0.1) is 0 Å². The van der Waals surface area contributed by atoms with Crippen LogP contribution in [0.3, 0.4) is 0 Å². The molecule has 0 bridgehead atoms. The van der Waals surface area contributed by atoms with E-state index in [0.29, 0.717) is 0 Å². The second-order valence-electron chi connectivity index (χ2n) is 13.2. The van der Waals surface area contributed by atoms with Gasteiger partial charge in [0.2, 0.25) is 0 Å². The van der Waals surface area contributed by atoms with Crippen LogP contribution in [0.5, 0.6) is 11.5 Å². The van der Waals surface area contributed by atoms with Gasteiger partial charge < -0.3 is 4.74 Å². The van der Waals surface area contributed by atoms with Crippen LogP contribution in [-0.2, 0) is 10.8 Å². The maximum atomic E-state index is 6.97. The summed E-state index contributed by atoms with van der Waals surface area (Å²) in [6.45, 7) is 4.75. The van der Waals surface area contributed by atoms with E-state index < -0.39 is 5.41 Å². The zero-order chi connectivity index (χ0) is 29.9. The molecule has 0 saturated heterocycles. The maximum absolute atomic E-state index is 6.97. The van der Waals surface area contributed by atoms with Crippen molar-refractivity contribution in [2.45, 2.75) is 24.7 Å². The summed E-state index contributed by atoms with van der Waals surface area (Å²) in [5, 5.41) is 2.64. The van der Waals surface area contributed by atoms with E-state index in [1.54, 1.807) is 0 Å². The molecule has 3 aliphatic rings. The fourth-order valence-corrected chi connectivity index (χ4v) is 8.87. The van der Waals surface area contributed by atoms with Gasteiger partial charge >= 0.3 is 0 Å². The molecule has 1 aliphatic heterocycles. The van der Waals surface area contributed by atoms with E-state index >= 15 is 0 Å². The van der Waals surface area contributed by atoms with Crippen molar-refractivity contribution in [2.75, 3.05) is 0 Å². The molecule has 45 heavy (non-hydrogen) atoms. The monoisotopic (exact) mass is 574 g/mol. The van der Waals surface area contributed by atoms with Crippen molar-refractivity contribution < 1.29 is 4.74 Å². The summed E-state index contributed by atoms with van der Waals surface area (Å²) in [6, 6.07) is 53.6. The Kier molecular flexibility index (Phi) is 4.78. The van der Waals surface area contributed by atoms with E-state index in [9.17, 15) is 0 Å². The lowest BCUT2D eigenvalue weighted by Gasteiger charge is -2.40. The second kappa shape index (κ2) is 8.61. The SMILES string of the molecule is CC1(C)c2cc(-c3cccc4c3Oc3ccccc3C43c4ccccc4-c4ccccc43)ccc2-c2ccc3ccccc3c21. The maximum Gasteiger partial charge on any atom is 0.140 e. The fourth-order valence-electron chi connectivity index (χ4n) is 8.87. The molecule has 2 aliphatic carbocycles. The molecule has 7 aromatic rings. The van der Waals surface area contributed by atoms with Crippen molar-refractivity contribution >= 4 is 10.8 Å². The second-order valence-corrected chi connectivity index (χ2v) is 13.2. The molecule has 0 amide bonds. The minimum Gasteiger partial charge on any atom is -0.456 e. The van der Waals surface area contributed by atoms with Gasteiger partial charge in [0, 0.05) is 22.1 Å². The molecule has 212 valence electrons. The molecule has 0 fully saturated rings. The van der Waals surface area contributed by atoms with Crippen LogP contribution in [0.2, 0.25) is 0 Å². The van der Waals surface area contributed by atoms with Gasteiger partial charge in [0.25, 0.3) is 0 Å². The first-order valence-electron chi connectivity index (χ1n) is 15.9. The van der Waals surface area contributed by atoms with Gasteiger partial charge in [-0.1, -0.05) is 147 Å². The summed E-state index contributed by atoms with van der Waals surface area (Å²) >= 11 is 0. The molecule has 0 N–H and O–H groups in total. The van der Waals surface area contributed by atoms with Gasteiger partial charge in [0.05, 0.1) is 5.41 Å². The van der Waals surface area contributed by atoms with E-state index in [0.717, 1.165) is 17.1 Å². The first-order chi connectivity index (χ1) is 22.1. The highest BCUT2D eigenvalue weighted by atomic mass is 16.5. The number of hydrogen-bond donors (Lipinski definition) is 0. The number of ether oxygens (including phenoxy) is 1. The molecule has 0 radical (unpaired) electrons. The quantitative estimate of drug-likeness (QED) is 0.189. The standard InChI is InChI=1S/C44H30O/c1-43(2)39-26-28(23-24-33(39)34-25-22-27-12-3-4-13-29(27)41(34)43)30-16-11-20-38-42(30)45-40-21-10-9-19-37(40)44(38)35-17-7-5-14-31(35)32-15-6-8-18-36(32)44/h3-26H,1-2H3. The van der Waals surface area contributed by atoms with E-state index in [4.69, 9.17) is 4.74 Å². The van der Waals surface area contributed by atoms with Gasteiger partial charge in [-0.25, -0.2) is 0 Å². The first kappa shape index (κ1) is 25.0. The molecule has 0 unspecified atom stereocenters. The molecular formula is C44H30O.